The summed E-state index contributed by atoms with van der Waals surface area (Å²) in [7, 11) is 0. The van der Waals surface area contributed by atoms with Crippen molar-refractivity contribution in [3.63, 3.8) is 0 Å². The number of rotatable bonds is 2. The highest BCUT2D eigenvalue weighted by Gasteiger charge is 2.25. The molecule has 4 rings (SSSR count). The molecule has 1 atom stereocenters. The minimum Gasteiger partial charge on any atom is -0.355 e. The molecule has 1 fully saturated rings. The van der Waals surface area contributed by atoms with Gasteiger partial charge < -0.3 is 9.88 Å². The molecule has 3 aromatic rings. The average Bonchev–Trinajstić information content (AvgIpc) is 3.06. The second kappa shape index (κ2) is 5.73. The third-order valence-electron chi connectivity index (χ3n) is 4.42. The summed E-state index contributed by atoms with van der Waals surface area (Å²) in [5.41, 5.74) is 2.73. The normalized spacial score (nSPS) is 18.0. The molecule has 0 saturated carbocycles. The Bertz CT molecular complexity index is 843. The molecule has 1 aromatic carbocycles. The van der Waals surface area contributed by atoms with Crippen molar-refractivity contribution < 1.29 is 0 Å². The van der Waals surface area contributed by atoms with Crippen molar-refractivity contribution in [2.24, 2.45) is 0 Å². The molecule has 0 spiro atoms. The van der Waals surface area contributed by atoms with Crippen LogP contribution in [0.15, 0.2) is 42.6 Å². The highest BCUT2D eigenvalue weighted by molar-refractivity contribution is 5.74. The molecule has 1 saturated heterocycles. The van der Waals surface area contributed by atoms with Gasteiger partial charge in [0.05, 0.1) is 16.6 Å². The number of benzene rings is 1. The summed E-state index contributed by atoms with van der Waals surface area (Å²) in [4.78, 5) is 14.8. The summed E-state index contributed by atoms with van der Waals surface area (Å²) in [5.74, 6) is 2.16. The lowest BCUT2D eigenvalue weighted by atomic mass is 9.97. The highest BCUT2D eigenvalue weighted by Crippen LogP contribution is 2.30. The van der Waals surface area contributed by atoms with Gasteiger partial charge in [-0.3, -0.25) is 0 Å². The fraction of sp³-hybridized carbons (Fsp3) is 0.278. The van der Waals surface area contributed by atoms with Gasteiger partial charge in [-0.2, -0.15) is 5.26 Å². The Labute approximate surface area is 134 Å². The van der Waals surface area contributed by atoms with Crippen molar-refractivity contribution >= 4 is 16.9 Å². The Kier molecular flexibility index (Phi) is 3.43. The van der Waals surface area contributed by atoms with E-state index in [1.165, 1.54) is 0 Å². The lowest BCUT2D eigenvalue weighted by Crippen LogP contribution is -2.35. The molecule has 5 heteroatoms. The first-order valence-corrected chi connectivity index (χ1v) is 7.90. The zero-order valence-corrected chi connectivity index (χ0v) is 12.7. The molecule has 3 heterocycles. The topological polar surface area (TPSA) is 68.6 Å². The number of imidazole rings is 1. The number of nitrogens with zero attached hydrogens (tertiary/aromatic N) is 4. The van der Waals surface area contributed by atoms with Gasteiger partial charge in [0, 0.05) is 25.2 Å². The molecule has 5 nitrogen and oxygen atoms in total. The fourth-order valence-electron chi connectivity index (χ4n) is 3.29. The van der Waals surface area contributed by atoms with Crippen molar-refractivity contribution in [3.8, 4) is 6.07 Å². The lowest BCUT2D eigenvalue weighted by molar-refractivity contribution is 0.492. The maximum Gasteiger partial charge on any atom is 0.146 e. The molecular weight excluding hydrogens is 286 g/mol. The summed E-state index contributed by atoms with van der Waals surface area (Å²) in [6.45, 7) is 1.77. The number of para-hydroxylation sites is 2. The van der Waals surface area contributed by atoms with E-state index in [1.54, 1.807) is 6.20 Å². The number of aromatic nitrogens is 3. The Hall–Kier alpha value is -2.87. The van der Waals surface area contributed by atoms with Crippen LogP contribution < -0.4 is 4.90 Å². The first kappa shape index (κ1) is 13.8. The van der Waals surface area contributed by atoms with Crippen molar-refractivity contribution in [1.82, 2.24) is 15.0 Å². The van der Waals surface area contributed by atoms with Crippen LogP contribution in [0.3, 0.4) is 0 Å². The molecule has 0 amide bonds. The molecule has 1 N–H and O–H groups in total. The maximum absolute atomic E-state index is 9.29. The predicted molar refractivity (Wildman–Crippen MR) is 89.2 cm³/mol. The summed E-state index contributed by atoms with van der Waals surface area (Å²) in [6.07, 6.45) is 3.93. The van der Waals surface area contributed by atoms with Crippen molar-refractivity contribution in [3.05, 3.63) is 54.0 Å². The molecule has 0 radical (unpaired) electrons. The van der Waals surface area contributed by atoms with E-state index in [4.69, 9.17) is 4.98 Å². The number of piperidine rings is 1. The molecule has 0 bridgehead atoms. The minimum atomic E-state index is 0.338. The number of fused-ring (bicyclic) bond motifs is 1. The second-order valence-corrected chi connectivity index (χ2v) is 5.91. The number of pyridine rings is 1. The first-order valence-electron chi connectivity index (χ1n) is 7.90. The van der Waals surface area contributed by atoms with E-state index < -0.39 is 0 Å². The predicted octanol–water partition coefficient (Wildman–Crippen LogP) is 3.21. The van der Waals surface area contributed by atoms with Gasteiger partial charge in [-0.15, -0.1) is 0 Å². The zero-order chi connectivity index (χ0) is 15.6. The molecule has 114 valence electrons. The van der Waals surface area contributed by atoms with Gasteiger partial charge >= 0.3 is 0 Å². The van der Waals surface area contributed by atoms with Gasteiger partial charge in [0.1, 0.15) is 17.7 Å². The molecule has 0 unspecified atom stereocenters. The van der Waals surface area contributed by atoms with Gasteiger partial charge in [-0.25, -0.2) is 9.97 Å². The van der Waals surface area contributed by atoms with E-state index in [9.17, 15) is 5.26 Å². The molecule has 23 heavy (non-hydrogen) atoms. The van der Waals surface area contributed by atoms with Crippen molar-refractivity contribution in [2.75, 3.05) is 18.0 Å². The summed E-state index contributed by atoms with van der Waals surface area (Å²) >= 11 is 0. The van der Waals surface area contributed by atoms with Crippen molar-refractivity contribution in [2.45, 2.75) is 18.8 Å². The monoisotopic (exact) mass is 303 g/mol. The minimum absolute atomic E-state index is 0.338. The Morgan fingerprint density at radius 1 is 1.22 bits per heavy atom. The number of H-pyrrole nitrogens is 1. The molecule has 1 aliphatic rings. The van der Waals surface area contributed by atoms with E-state index in [0.717, 1.165) is 48.6 Å². The van der Waals surface area contributed by atoms with Gasteiger partial charge in [0.15, 0.2) is 0 Å². The lowest BCUT2D eigenvalue weighted by Gasteiger charge is -2.33. The number of hydrogen-bond acceptors (Lipinski definition) is 4. The van der Waals surface area contributed by atoms with Gasteiger partial charge in [-0.1, -0.05) is 12.1 Å². The smallest absolute Gasteiger partial charge is 0.146 e. The van der Waals surface area contributed by atoms with Crippen LogP contribution in [0, 0.1) is 11.3 Å². The van der Waals surface area contributed by atoms with Crippen LogP contribution in [0.4, 0.5) is 5.82 Å². The van der Waals surface area contributed by atoms with E-state index in [1.807, 2.05) is 30.3 Å². The van der Waals surface area contributed by atoms with Crippen LogP contribution in [0.25, 0.3) is 11.0 Å². The molecular formula is C18H17N5. The van der Waals surface area contributed by atoms with Crippen LogP contribution in [-0.4, -0.2) is 28.0 Å². The van der Waals surface area contributed by atoms with Crippen LogP contribution >= 0.6 is 0 Å². The summed E-state index contributed by atoms with van der Waals surface area (Å²) < 4.78 is 0. The summed E-state index contributed by atoms with van der Waals surface area (Å²) in [6, 6.07) is 14.0. The number of anilines is 1. The maximum atomic E-state index is 9.29. The van der Waals surface area contributed by atoms with E-state index in [-0.39, 0.29) is 0 Å². The third-order valence-corrected chi connectivity index (χ3v) is 4.42. The van der Waals surface area contributed by atoms with Gasteiger partial charge in [0.25, 0.3) is 0 Å². The SMILES string of the molecule is N#Cc1cccnc1N1CCC[C@H](c2nc3ccccc3[nH]2)C1. The molecule has 2 aromatic heterocycles. The van der Waals surface area contributed by atoms with Crippen molar-refractivity contribution in [1.29, 1.82) is 5.26 Å². The molecule has 1 aliphatic heterocycles. The Balaban J connectivity index is 1.63. The average molecular weight is 303 g/mol. The second-order valence-electron chi connectivity index (χ2n) is 5.91. The Morgan fingerprint density at radius 3 is 3.00 bits per heavy atom. The highest BCUT2D eigenvalue weighted by atomic mass is 15.2. The number of aromatic amines is 1. The number of nitriles is 1. The number of hydrogen-bond donors (Lipinski definition) is 1. The summed E-state index contributed by atoms with van der Waals surface area (Å²) in [5, 5.41) is 9.29. The fourth-order valence-corrected chi connectivity index (χ4v) is 3.29. The quantitative estimate of drug-likeness (QED) is 0.789. The van der Waals surface area contributed by atoms with Crippen LogP contribution in [0.2, 0.25) is 0 Å². The standard InChI is InChI=1S/C18H17N5/c19-11-13-5-3-9-20-18(13)23-10-4-6-14(12-23)17-21-15-7-1-2-8-16(15)22-17/h1-3,5,7-9,14H,4,6,10,12H2,(H,21,22)/t14-/m0/s1. The zero-order valence-electron chi connectivity index (χ0n) is 12.7. The van der Waals surface area contributed by atoms with Gasteiger partial charge in [0.2, 0.25) is 0 Å². The largest absolute Gasteiger partial charge is 0.355 e. The molecule has 0 aliphatic carbocycles. The van der Waals surface area contributed by atoms with Crippen LogP contribution in [0.5, 0.6) is 0 Å². The van der Waals surface area contributed by atoms with Gasteiger partial charge in [-0.05, 0) is 37.1 Å². The van der Waals surface area contributed by atoms with Crippen LogP contribution in [-0.2, 0) is 0 Å². The van der Waals surface area contributed by atoms with E-state index in [2.05, 4.69) is 27.0 Å². The first-order chi connectivity index (χ1) is 11.3. The number of nitrogens with one attached hydrogen (secondary N) is 1. The van der Waals surface area contributed by atoms with Crippen LogP contribution in [0.1, 0.15) is 30.1 Å². The third kappa shape index (κ3) is 2.53. The Morgan fingerprint density at radius 2 is 2.13 bits per heavy atom. The van der Waals surface area contributed by atoms with E-state index in [0.29, 0.717) is 11.5 Å². The van der Waals surface area contributed by atoms with E-state index >= 15 is 0 Å².